The molecular formula is C17H16N2O4. The molecule has 0 bridgehead atoms. The Morgan fingerprint density at radius 2 is 2.22 bits per heavy atom. The van der Waals surface area contributed by atoms with Crippen molar-refractivity contribution in [1.29, 1.82) is 0 Å². The van der Waals surface area contributed by atoms with Gasteiger partial charge in [-0.05, 0) is 24.3 Å². The highest BCUT2D eigenvalue weighted by atomic mass is 16.5. The lowest BCUT2D eigenvalue weighted by Crippen LogP contribution is -2.37. The average Bonchev–Trinajstić information content (AvgIpc) is 3.00. The highest BCUT2D eigenvalue weighted by Gasteiger charge is 2.28. The maximum Gasteiger partial charge on any atom is 0.328 e. The zero-order valence-electron chi connectivity index (χ0n) is 12.6. The van der Waals surface area contributed by atoms with Gasteiger partial charge in [-0.25, -0.2) is 4.79 Å². The molecule has 1 amide bonds. The lowest BCUT2D eigenvalue weighted by Gasteiger charge is -2.09. The zero-order chi connectivity index (χ0) is 16.2. The summed E-state index contributed by atoms with van der Waals surface area (Å²) in [6.45, 7) is 0.344. The number of nitrogens with zero attached hydrogens (tertiary/aromatic N) is 1. The topological polar surface area (TPSA) is 77.5 Å². The molecule has 2 heterocycles. The number of carbonyl (C=O) groups is 2. The first-order valence-electron chi connectivity index (χ1n) is 7.25. The molecule has 1 aliphatic rings. The van der Waals surface area contributed by atoms with E-state index < -0.39 is 6.04 Å². The van der Waals surface area contributed by atoms with Crippen LogP contribution in [0.15, 0.2) is 42.6 Å². The van der Waals surface area contributed by atoms with Crippen LogP contribution < -0.4 is 10.1 Å². The molecule has 1 saturated heterocycles. The molecule has 1 atom stereocenters. The first-order valence-corrected chi connectivity index (χ1v) is 7.25. The molecule has 118 valence electrons. The first-order chi connectivity index (χ1) is 11.2. The van der Waals surface area contributed by atoms with E-state index in [1.165, 1.54) is 6.20 Å². The molecule has 1 aliphatic heterocycles. The second kappa shape index (κ2) is 6.48. The maximum atomic E-state index is 12.1. The molecule has 2 aromatic rings. The van der Waals surface area contributed by atoms with E-state index in [2.05, 4.69) is 10.3 Å². The number of carbonyl (C=O) groups excluding carboxylic acids is 2. The van der Waals surface area contributed by atoms with Crippen LogP contribution in [0.2, 0.25) is 0 Å². The summed E-state index contributed by atoms with van der Waals surface area (Å²) in [6.07, 6.45) is 1.99. The Hall–Kier alpha value is -2.89. The third-order valence-electron chi connectivity index (χ3n) is 3.63. The fourth-order valence-electron chi connectivity index (χ4n) is 2.35. The van der Waals surface area contributed by atoms with Crippen LogP contribution in [0.3, 0.4) is 0 Å². The lowest BCUT2D eigenvalue weighted by atomic mass is 10.1. The number of rotatable bonds is 4. The maximum absolute atomic E-state index is 12.1. The summed E-state index contributed by atoms with van der Waals surface area (Å²) in [5, 5.41) is 2.65. The first kappa shape index (κ1) is 15.0. The second-order valence-corrected chi connectivity index (χ2v) is 5.15. The Morgan fingerprint density at radius 3 is 2.87 bits per heavy atom. The average molecular weight is 312 g/mol. The summed E-state index contributed by atoms with van der Waals surface area (Å²) in [7, 11) is 1.61. The van der Waals surface area contributed by atoms with Crippen molar-refractivity contribution in [2.75, 3.05) is 13.7 Å². The highest BCUT2D eigenvalue weighted by molar-refractivity contribution is 5.97. The van der Waals surface area contributed by atoms with Crippen molar-refractivity contribution < 1.29 is 19.1 Å². The third kappa shape index (κ3) is 3.31. The minimum Gasteiger partial charge on any atom is -0.497 e. The molecule has 23 heavy (non-hydrogen) atoms. The Labute approximate surface area is 133 Å². The molecule has 0 radical (unpaired) electrons. The van der Waals surface area contributed by atoms with E-state index in [0.29, 0.717) is 18.6 Å². The van der Waals surface area contributed by atoms with Gasteiger partial charge >= 0.3 is 5.97 Å². The van der Waals surface area contributed by atoms with Crippen LogP contribution >= 0.6 is 0 Å². The van der Waals surface area contributed by atoms with Gasteiger partial charge < -0.3 is 14.8 Å². The van der Waals surface area contributed by atoms with Crippen molar-refractivity contribution in [1.82, 2.24) is 10.3 Å². The van der Waals surface area contributed by atoms with Crippen molar-refractivity contribution in [3.63, 3.8) is 0 Å². The van der Waals surface area contributed by atoms with Crippen LogP contribution in [0.5, 0.6) is 5.75 Å². The number of esters is 1. The Morgan fingerprint density at radius 1 is 1.35 bits per heavy atom. The third-order valence-corrected chi connectivity index (χ3v) is 3.63. The minimum atomic E-state index is -0.569. The number of pyridine rings is 1. The number of cyclic esters (lactones) is 1. The second-order valence-electron chi connectivity index (χ2n) is 5.15. The minimum absolute atomic E-state index is 0.335. The molecule has 1 fully saturated rings. The number of aromatic nitrogens is 1. The fraction of sp³-hybridized carbons (Fsp3) is 0.235. The van der Waals surface area contributed by atoms with E-state index in [1.54, 1.807) is 19.2 Å². The van der Waals surface area contributed by atoms with E-state index in [9.17, 15) is 9.59 Å². The number of amides is 1. The molecule has 0 aliphatic carbocycles. The Bertz CT molecular complexity index is 728. The van der Waals surface area contributed by atoms with E-state index in [1.807, 2.05) is 24.3 Å². The van der Waals surface area contributed by atoms with Gasteiger partial charge in [-0.1, -0.05) is 12.1 Å². The predicted molar refractivity (Wildman–Crippen MR) is 83.1 cm³/mol. The number of ether oxygens (including phenoxy) is 2. The highest BCUT2D eigenvalue weighted by Crippen LogP contribution is 2.22. The fourth-order valence-corrected chi connectivity index (χ4v) is 2.35. The Balaban J connectivity index is 1.73. The number of hydrogen-bond acceptors (Lipinski definition) is 5. The van der Waals surface area contributed by atoms with E-state index in [-0.39, 0.29) is 11.9 Å². The SMILES string of the molecule is COc1cccc(-c2ccc(C(=O)NC3CCOC3=O)cn2)c1. The molecule has 0 saturated carbocycles. The molecule has 6 heteroatoms. The van der Waals surface area contributed by atoms with Crippen molar-refractivity contribution >= 4 is 11.9 Å². The lowest BCUT2D eigenvalue weighted by molar-refractivity contribution is -0.139. The largest absolute Gasteiger partial charge is 0.497 e. The summed E-state index contributed by atoms with van der Waals surface area (Å²) in [6, 6.07) is 10.4. The molecule has 6 nitrogen and oxygen atoms in total. The number of nitrogens with one attached hydrogen (secondary N) is 1. The Kier molecular flexibility index (Phi) is 4.23. The van der Waals surface area contributed by atoms with Gasteiger partial charge in [-0.2, -0.15) is 0 Å². The van der Waals surface area contributed by atoms with Crippen LogP contribution in [0.25, 0.3) is 11.3 Å². The van der Waals surface area contributed by atoms with Crippen molar-refractivity contribution in [2.45, 2.75) is 12.5 Å². The van der Waals surface area contributed by atoms with Crippen LogP contribution in [0, 0.1) is 0 Å². The molecule has 3 rings (SSSR count). The van der Waals surface area contributed by atoms with Gasteiger partial charge in [0.2, 0.25) is 0 Å². The smallest absolute Gasteiger partial charge is 0.328 e. The van der Waals surface area contributed by atoms with Gasteiger partial charge in [0.05, 0.1) is 25.0 Å². The normalized spacial score (nSPS) is 16.7. The van der Waals surface area contributed by atoms with Crippen molar-refractivity contribution in [3.05, 3.63) is 48.2 Å². The molecular weight excluding hydrogens is 296 g/mol. The molecule has 0 spiro atoms. The van der Waals surface area contributed by atoms with E-state index in [4.69, 9.17) is 9.47 Å². The van der Waals surface area contributed by atoms with Crippen LogP contribution in [0.4, 0.5) is 0 Å². The van der Waals surface area contributed by atoms with Gasteiger partial charge in [-0.15, -0.1) is 0 Å². The van der Waals surface area contributed by atoms with E-state index >= 15 is 0 Å². The summed E-state index contributed by atoms with van der Waals surface area (Å²) in [4.78, 5) is 27.8. The zero-order valence-corrected chi connectivity index (χ0v) is 12.6. The van der Waals surface area contributed by atoms with Gasteiger partial charge in [-0.3, -0.25) is 9.78 Å². The number of benzene rings is 1. The summed E-state index contributed by atoms with van der Waals surface area (Å²) in [5.41, 5.74) is 2.03. The summed E-state index contributed by atoms with van der Waals surface area (Å²) >= 11 is 0. The monoisotopic (exact) mass is 312 g/mol. The quantitative estimate of drug-likeness (QED) is 0.871. The van der Waals surface area contributed by atoms with E-state index in [0.717, 1.165) is 17.0 Å². The van der Waals surface area contributed by atoms with Gasteiger partial charge in [0.25, 0.3) is 5.91 Å². The van der Waals surface area contributed by atoms with Crippen molar-refractivity contribution in [2.24, 2.45) is 0 Å². The van der Waals surface area contributed by atoms with Crippen LogP contribution in [-0.4, -0.2) is 36.6 Å². The van der Waals surface area contributed by atoms with Gasteiger partial charge in [0, 0.05) is 18.2 Å². The molecule has 1 N–H and O–H groups in total. The van der Waals surface area contributed by atoms with Gasteiger partial charge in [0.15, 0.2) is 0 Å². The summed E-state index contributed by atoms with van der Waals surface area (Å²) in [5.74, 6) is 0.0173. The summed E-state index contributed by atoms with van der Waals surface area (Å²) < 4.78 is 10.0. The standard InChI is InChI=1S/C17H16N2O4/c1-22-13-4-2-3-11(9-13)14-6-5-12(10-18-14)16(20)19-15-7-8-23-17(15)21/h2-6,9-10,15H,7-8H2,1H3,(H,19,20). The number of methoxy groups -OCH3 is 1. The van der Waals surface area contributed by atoms with Gasteiger partial charge in [0.1, 0.15) is 11.8 Å². The molecule has 1 aromatic heterocycles. The van der Waals surface area contributed by atoms with Crippen LogP contribution in [-0.2, 0) is 9.53 Å². The van der Waals surface area contributed by atoms with Crippen molar-refractivity contribution in [3.8, 4) is 17.0 Å². The molecule has 1 unspecified atom stereocenters. The van der Waals surface area contributed by atoms with Crippen LogP contribution in [0.1, 0.15) is 16.8 Å². The number of hydrogen-bond donors (Lipinski definition) is 1. The predicted octanol–water partition coefficient (Wildman–Crippen LogP) is 1.80. The molecule has 1 aromatic carbocycles.